The van der Waals surface area contributed by atoms with Crippen molar-refractivity contribution in [3.8, 4) is 11.3 Å². The van der Waals surface area contributed by atoms with E-state index in [1.165, 1.54) is 6.07 Å². The molecule has 0 aromatic carbocycles. The van der Waals surface area contributed by atoms with Crippen LogP contribution in [0.5, 0.6) is 0 Å². The predicted molar refractivity (Wildman–Crippen MR) is 57.6 cm³/mol. The van der Waals surface area contributed by atoms with Crippen LogP contribution >= 0.6 is 0 Å². The number of aromatic amines is 1. The highest BCUT2D eigenvalue weighted by atomic mass is 16.1. The first-order valence-corrected chi connectivity index (χ1v) is 4.66. The first-order chi connectivity index (χ1) is 7.16. The van der Waals surface area contributed by atoms with Gasteiger partial charge in [-0.1, -0.05) is 0 Å². The van der Waals surface area contributed by atoms with E-state index in [4.69, 9.17) is 0 Å². The number of H-pyrrole nitrogens is 1. The van der Waals surface area contributed by atoms with E-state index in [9.17, 15) is 4.79 Å². The van der Waals surface area contributed by atoms with Gasteiger partial charge in [-0.15, -0.1) is 0 Å². The summed E-state index contributed by atoms with van der Waals surface area (Å²) in [5.74, 6) is 0.612. The third-order valence-electron chi connectivity index (χ3n) is 2.18. The van der Waals surface area contributed by atoms with Gasteiger partial charge < -0.3 is 4.98 Å². The van der Waals surface area contributed by atoms with Gasteiger partial charge in [-0.3, -0.25) is 9.78 Å². The molecule has 0 aliphatic heterocycles. The maximum Gasteiger partial charge on any atom is 0.251 e. The lowest BCUT2D eigenvalue weighted by atomic mass is 10.1. The van der Waals surface area contributed by atoms with Gasteiger partial charge in [0.05, 0.1) is 5.69 Å². The summed E-state index contributed by atoms with van der Waals surface area (Å²) >= 11 is 0. The highest BCUT2D eigenvalue weighted by Crippen LogP contribution is 2.17. The Labute approximate surface area is 87.0 Å². The molecule has 0 fully saturated rings. The lowest BCUT2D eigenvalue weighted by Crippen LogP contribution is -2.08. The molecule has 15 heavy (non-hydrogen) atoms. The zero-order chi connectivity index (χ0) is 10.8. The Kier molecular flexibility index (Phi) is 2.33. The molecule has 76 valence electrons. The molecule has 0 bridgehead atoms. The fourth-order valence-electron chi connectivity index (χ4n) is 1.45. The Morgan fingerprint density at radius 3 is 2.80 bits per heavy atom. The Morgan fingerprint density at radius 1 is 1.33 bits per heavy atom. The summed E-state index contributed by atoms with van der Waals surface area (Å²) in [5, 5.41) is 0. The maximum absolute atomic E-state index is 11.3. The van der Waals surface area contributed by atoms with Crippen molar-refractivity contribution < 1.29 is 0 Å². The topological polar surface area (TPSA) is 58.6 Å². The van der Waals surface area contributed by atoms with Crippen LogP contribution < -0.4 is 5.56 Å². The molecule has 0 saturated heterocycles. The first kappa shape index (κ1) is 9.58. The molecule has 2 rings (SSSR count). The van der Waals surface area contributed by atoms with Crippen molar-refractivity contribution in [2.75, 3.05) is 0 Å². The minimum absolute atomic E-state index is 0.138. The van der Waals surface area contributed by atoms with Crippen molar-refractivity contribution in [2.45, 2.75) is 13.8 Å². The summed E-state index contributed by atoms with van der Waals surface area (Å²) in [6, 6.07) is 3.38. The van der Waals surface area contributed by atoms with Crippen LogP contribution in [-0.2, 0) is 0 Å². The van der Waals surface area contributed by atoms with Crippen LogP contribution in [-0.4, -0.2) is 15.0 Å². The van der Waals surface area contributed by atoms with Crippen LogP contribution in [0.25, 0.3) is 11.3 Å². The van der Waals surface area contributed by atoms with Crippen molar-refractivity contribution in [1.82, 2.24) is 15.0 Å². The largest absolute Gasteiger partial charge is 0.311 e. The molecular formula is C11H11N3O. The van der Waals surface area contributed by atoms with Crippen LogP contribution in [0, 0.1) is 13.8 Å². The summed E-state index contributed by atoms with van der Waals surface area (Å²) in [6.07, 6.45) is 3.44. The average Bonchev–Trinajstić information content (AvgIpc) is 2.16. The third kappa shape index (κ3) is 1.93. The molecule has 0 unspecified atom stereocenters. The molecule has 2 heterocycles. The number of hydrogen-bond donors (Lipinski definition) is 1. The first-order valence-electron chi connectivity index (χ1n) is 4.66. The summed E-state index contributed by atoms with van der Waals surface area (Å²) in [7, 11) is 0. The summed E-state index contributed by atoms with van der Waals surface area (Å²) in [4.78, 5) is 22.2. The van der Waals surface area contributed by atoms with Crippen LogP contribution in [0.4, 0.5) is 0 Å². The van der Waals surface area contributed by atoms with Gasteiger partial charge >= 0.3 is 0 Å². The lowest BCUT2D eigenvalue weighted by molar-refractivity contribution is 1.02. The standard InChI is InChI=1S/C11H11N3O/c1-7-3-4-12-6-9(7)10-5-11(15)14-8(2)13-10/h3-6H,1-2H3,(H,13,14,15). The number of nitrogens with zero attached hydrogens (tertiary/aromatic N) is 2. The second kappa shape index (κ2) is 3.65. The Morgan fingerprint density at radius 2 is 2.13 bits per heavy atom. The quantitative estimate of drug-likeness (QED) is 0.759. The molecule has 0 aliphatic rings. The Bertz CT molecular complexity index is 546. The molecular weight excluding hydrogens is 190 g/mol. The molecule has 0 atom stereocenters. The number of rotatable bonds is 1. The second-order valence-corrected chi connectivity index (χ2v) is 3.41. The SMILES string of the molecule is Cc1nc(-c2cnccc2C)cc(=O)[nH]1. The molecule has 4 heteroatoms. The number of hydrogen-bond acceptors (Lipinski definition) is 3. The van der Waals surface area contributed by atoms with Gasteiger partial charge in [0, 0.05) is 24.0 Å². The van der Waals surface area contributed by atoms with Gasteiger partial charge in [-0.2, -0.15) is 0 Å². The molecule has 0 spiro atoms. The number of pyridine rings is 1. The fraction of sp³-hybridized carbons (Fsp3) is 0.182. The van der Waals surface area contributed by atoms with E-state index in [1.807, 2.05) is 13.0 Å². The Hall–Kier alpha value is -1.97. The maximum atomic E-state index is 11.3. The molecule has 0 radical (unpaired) electrons. The van der Waals surface area contributed by atoms with E-state index in [-0.39, 0.29) is 5.56 Å². The van der Waals surface area contributed by atoms with E-state index in [1.54, 1.807) is 19.3 Å². The highest BCUT2D eigenvalue weighted by molar-refractivity contribution is 5.61. The lowest BCUT2D eigenvalue weighted by Gasteiger charge is -2.03. The molecule has 4 nitrogen and oxygen atoms in total. The normalized spacial score (nSPS) is 10.3. The van der Waals surface area contributed by atoms with E-state index >= 15 is 0 Å². The molecule has 0 saturated carbocycles. The zero-order valence-electron chi connectivity index (χ0n) is 8.61. The van der Waals surface area contributed by atoms with Crippen LogP contribution in [0.3, 0.4) is 0 Å². The van der Waals surface area contributed by atoms with Gasteiger partial charge in [-0.25, -0.2) is 4.98 Å². The van der Waals surface area contributed by atoms with Crippen LogP contribution in [0.1, 0.15) is 11.4 Å². The van der Waals surface area contributed by atoms with E-state index in [2.05, 4.69) is 15.0 Å². The number of aryl methyl sites for hydroxylation is 2. The monoisotopic (exact) mass is 201 g/mol. The van der Waals surface area contributed by atoms with E-state index in [0.717, 1.165) is 11.1 Å². The van der Waals surface area contributed by atoms with Gasteiger partial charge in [0.2, 0.25) is 0 Å². The molecule has 2 aromatic heterocycles. The van der Waals surface area contributed by atoms with E-state index < -0.39 is 0 Å². The van der Waals surface area contributed by atoms with Crippen molar-refractivity contribution >= 4 is 0 Å². The van der Waals surface area contributed by atoms with Crippen LogP contribution in [0.2, 0.25) is 0 Å². The van der Waals surface area contributed by atoms with Gasteiger partial charge in [-0.05, 0) is 25.5 Å². The third-order valence-corrected chi connectivity index (χ3v) is 2.18. The highest BCUT2D eigenvalue weighted by Gasteiger charge is 2.04. The minimum atomic E-state index is -0.138. The van der Waals surface area contributed by atoms with Crippen molar-refractivity contribution in [3.05, 3.63) is 46.3 Å². The van der Waals surface area contributed by atoms with Crippen molar-refractivity contribution in [2.24, 2.45) is 0 Å². The van der Waals surface area contributed by atoms with Gasteiger partial charge in [0.15, 0.2) is 0 Å². The number of nitrogens with one attached hydrogen (secondary N) is 1. The smallest absolute Gasteiger partial charge is 0.251 e. The zero-order valence-corrected chi connectivity index (χ0v) is 8.61. The van der Waals surface area contributed by atoms with Gasteiger partial charge in [0.25, 0.3) is 5.56 Å². The molecule has 0 aliphatic carbocycles. The van der Waals surface area contributed by atoms with Crippen molar-refractivity contribution in [3.63, 3.8) is 0 Å². The predicted octanol–water partition coefficient (Wildman–Crippen LogP) is 1.45. The minimum Gasteiger partial charge on any atom is -0.311 e. The average molecular weight is 201 g/mol. The summed E-state index contributed by atoms with van der Waals surface area (Å²) in [6.45, 7) is 3.73. The summed E-state index contributed by atoms with van der Waals surface area (Å²) < 4.78 is 0. The van der Waals surface area contributed by atoms with Crippen molar-refractivity contribution in [1.29, 1.82) is 0 Å². The molecule has 1 N–H and O–H groups in total. The van der Waals surface area contributed by atoms with Crippen LogP contribution in [0.15, 0.2) is 29.3 Å². The molecule has 0 amide bonds. The van der Waals surface area contributed by atoms with E-state index in [0.29, 0.717) is 11.5 Å². The van der Waals surface area contributed by atoms with Gasteiger partial charge in [0.1, 0.15) is 5.82 Å². The second-order valence-electron chi connectivity index (χ2n) is 3.41. The Balaban J connectivity index is 2.64. The fourth-order valence-corrected chi connectivity index (χ4v) is 1.45. The molecule has 2 aromatic rings. The summed E-state index contributed by atoms with van der Waals surface area (Å²) in [5.41, 5.74) is 2.48. The number of aromatic nitrogens is 3.